The van der Waals surface area contributed by atoms with Crippen molar-refractivity contribution in [2.24, 2.45) is 5.92 Å². The molecule has 2 fully saturated rings. The first-order valence-electron chi connectivity index (χ1n) is 10.4. The van der Waals surface area contributed by atoms with Crippen molar-refractivity contribution in [3.63, 3.8) is 0 Å². The molecule has 144 valence electrons. The van der Waals surface area contributed by atoms with Crippen LogP contribution in [0.15, 0.2) is 35.2 Å². The van der Waals surface area contributed by atoms with Gasteiger partial charge in [0.25, 0.3) is 0 Å². The van der Waals surface area contributed by atoms with Gasteiger partial charge in [0.05, 0.1) is 11.2 Å². The Morgan fingerprint density at radius 3 is 2.23 bits per heavy atom. The van der Waals surface area contributed by atoms with Crippen LogP contribution in [0.3, 0.4) is 0 Å². The molecule has 2 nitrogen and oxygen atoms in total. The van der Waals surface area contributed by atoms with E-state index in [1.165, 1.54) is 55.6 Å². The van der Waals surface area contributed by atoms with Gasteiger partial charge in [0.2, 0.25) is 0 Å². The molecule has 1 saturated carbocycles. The molecule has 0 bridgehead atoms. The fourth-order valence-electron chi connectivity index (χ4n) is 4.25. The van der Waals surface area contributed by atoms with Crippen LogP contribution in [0.5, 0.6) is 0 Å². The zero-order valence-electron chi connectivity index (χ0n) is 17.0. The molecule has 0 radical (unpaired) electrons. The van der Waals surface area contributed by atoms with Crippen LogP contribution in [0.25, 0.3) is 0 Å². The normalized spacial score (nSPS) is 23.9. The maximum absolute atomic E-state index is 6.47. The highest BCUT2D eigenvalue weighted by atomic mass is 32.2. The minimum absolute atomic E-state index is 0.0372. The zero-order chi connectivity index (χ0) is 18.6. The first-order valence-corrected chi connectivity index (χ1v) is 11.4. The van der Waals surface area contributed by atoms with Crippen LogP contribution in [-0.4, -0.2) is 24.1 Å². The van der Waals surface area contributed by atoms with Crippen LogP contribution in [-0.2, 0) is 9.31 Å². The molecule has 0 aromatic heterocycles. The van der Waals surface area contributed by atoms with Gasteiger partial charge in [0, 0.05) is 4.90 Å². The second-order valence-corrected chi connectivity index (χ2v) is 10.2. The third kappa shape index (κ3) is 4.88. The van der Waals surface area contributed by atoms with Gasteiger partial charge in [-0.15, -0.1) is 11.8 Å². The minimum atomic E-state index is -0.219. The molecule has 1 atom stereocenters. The number of rotatable bonds is 7. The molecule has 2 aliphatic rings. The Hall–Kier alpha value is -0.445. The minimum Gasteiger partial charge on any atom is -0.403 e. The van der Waals surface area contributed by atoms with Gasteiger partial charge in [-0.2, -0.15) is 0 Å². The first kappa shape index (κ1) is 20.3. The third-order valence-corrected chi connectivity index (χ3v) is 7.67. The maximum Gasteiger partial charge on any atom is 0.461 e. The van der Waals surface area contributed by atoms with E-state index in [0.29, 0.717) is 5.82 Å². The quantitative estimate of drug-likeness (QED) is 0.304. The Kier molecular flexibility index (Phi) is 6.80. The molecule has 0 amide bonds. The van der Waals surface area contributed by atoms with Crippen molar-refractivity contribution in [1.82, 2.24) is 0 Å². The van der Waals surface area contributed by atoms with Crippen molar-refractivity contribution < 1.29 is 9.31 Å². The van der Waals surface area contributed by atoms with E-state index >= 15 is 0 Å². The van der Waals surface area contributed by atoms with Crippen LogP contribution in [0.2, 0.25) is 5.82 Å². The zero-order valence-corrected chi connectivity index (χ0v) is 17.8. The van der Waals surface area contributed by atoms with Gasteiger partial charge < -0.3 is 9.31 Å². The van der Waals surface area contributed by atoms with Gasteiger partial charge in [-0.3, -0.25) is 0 Å². The van der Waals surface area contributed by atoms with Crippen molar-refractivity contribution in [3.05, 3.63) is 30.3 Å². The molecule has 4 heteroatoms. The maximum atomic E-state index is 6.47. The van der Waals surface area contributed by atoms with Gasteiger partial charge in [0.1, 0.15) is 0 Å². The van der Waals surface area contributed by atoms with Crippen LogP contribution >= 0.6 is 11.8 Å². The van der Waals surface area contributed by atoms with Gasteiger partial charge in [-0.1, -0.05) is 56.7 Å². The summed E-state index contributed by atoms with van der Waals surface area (Å²) in [6.07, 6.45) is 9.28. The molecule has 1 aromatic carbocycles. The lowest BCUT2D eigenvalue weighted by Crippen LogP contribution is -2.41. The molecule has 1 aliphatic heterocycles. The lowest BCUT2D eigenvalue weighted by molar-refractivity contribution is 0.00578. The number of hydrogen-bond acceptors (Lipinski definition) is 3. The SMILES string of the molecule is CC1(C)OB(C(CCCSc2ccccc2)C2CCCCC2)OC1(C)C. The predicted octanol–water partition coefficient (Wildman–Crippen LogP) is 6.60. The van der Waals surface area contributed by atoms with Crippen molar-refractivity contribution in [2.75, 3.05) is 5.75 Å². The fourth-order valence-corrected chi connectivity index (χ4v) is 5.14. The molecule has 1 heterocycles. The number of benzene rings is 1. The van der Waals surface area contributed by atoms with E-state index < -0.39 is 0 Å². The third-order valence-electron chi connectivity index (χ3n) is 6.57. The smallest absolute Gasteiger partial charge is 0.403 e. The van der Waals surface area contributed by atoms with Crippen molar-refractivity contribution >= 4 is 18.9 Å². The highest BCUT2D eigenvalue weighted by Crippen LogP contribution is 2.46. The largest absolute Gasteiger partial charge is 0.461 e. The van der Waals surface area contributed by atoms with Gasteiger partial charge in [-0.25, -0.2) is 0 Å². The predicted molar refractivity (Wildman–Crippen MR) is 113 cm³/mol. The lowest BCUT2D eigenvalue weighted by atomic mass is 9.59. The lowest BCUT2D eigenvalue weighted by Gasteiger charge is -2.32. The Bertz CT molecular complexity index is 539. The summed E-state index contributed by atoms with van der Waals surface area (Å²) in [7, 11) is -0.0372. The van der Waals surface area contributed by atoms with Gasteiger partial charge in [-0.05, 0) is 63.7 Å². The Labute approximate surface area is 165 Å². The van der Waals surface area contributed by atoms with E-state index in [4.69, 9.17) is 9.31 Å². The van der Waals surface area contributed by atoms with E-state index in [1.807, 2.05) is 11.8 Å². The van der Waals surface area contributed by atoms with Crippen molar-refractivity contribution in [3.8, 4) is 0 Å². The molecule has 0 N–H and O–H groups in total. The second kappa shape index (κ2) is 8.71. The molecule has 1 unspecified atom stereocenters. The van der Waals surface area contributed by atoms with Crippen molar-refractivity contribution in [1.29, 1.82) is 0 Å². The monoisotopic (exact) mass is 374 g/mol. The Morgan fingerprint density at radius 2 is 1.62 bits per heavy atom. The van der Waals surface area contributed by atoms with Crippen LogP contribution < -0.4 is 0 Å². The van der Waals surface area contributed by atoms with E-state index in [2.05, 4.69) is 58.0 Å². The van der Waals surface area contributed by atoms with Crippen LogP contribution in [0.1, 0.15) is 72.6 Å². The van der Waals surface area contributed by atoms with Crippen molar-refractivity contribution in [2.45, 2.75) is 94.6 Å². The van der Waals surface area contributed by atoms with E-state index in [-0.39, 0.29) is 18.3 Å². The summed E-state index contributed by atoms with van der Waals surface area (Å²) < 4.78 is 12.9. The first-order chi connectivity index (χ1) is 12.4. The van der Waals surface area contributed by atoms with Gasteiger partial charge in [0.15, 0.2) is 0 Å². The molecular weight excluding hydrogens is 339 g/mol. The van der Waals surface area contributed by atoms with Gasteiger partial charge >= 0.3 is 7.12 Å². The second-order valence-electron chi connectivity index (χ2n) is 8.99. The molecule has 1 saturated heterocycles. The molecule has 0 spiro atoms. The summed E-state index contributed by atoms with van der Waals surface area (Å²) in [4.78, 5) is 1.37. The average Bonchev–Trinajstić information content (AvgIpc) is 2.84. The topological polar surface area (TPSA) is 18.5 Å². The highest BCUT2D eigenvalue weighted by Gasteiger charge is 2.54. The number of hydrogen-bond donors (Lipinski definition) is 0. The molecule has 26 heavy (non-hydrogen) atoms. The summed E-state index contributed by atoms with van der Waals surface area (Å²) in [6, 6.07) is 10.7. The summed E-state index contributed by atoms with van der Waals surface area (Å²) in [5.74, 6) is 2.47. The molecule has 1 aromatic rings. The van der Waals surface area contributed by atoms with Crippen LogP contribution in [0, 0.1) is 5.92 Å². The summed E-state index contributed by atoms with van der Waals surface area (Å²) in [6.45, 7) is 8.71. The Morgan fingerprint density at radius 1 is 1.00 bits per heavy atom. The van der Waals surface area contributed by atoms with E-state index in [9.17, 15) is 0 Å². The number of thioether (sulfide) groups is 1. The van der Waals surface area contributed by atoms with E-state index in [1.54, 1.807) is 0 Å². The summed E-state index contributed by atoms with van der Waals surface area (Å²) in [5, 5.41) is 0. The summed E-state index contributed by atoms with van der Waals surface area (Å²) >= 11 is 1.97. The fraction of sp³-hybridized carbons (Fsp3) is 0.727. The Balaban J connectivity index is 1.59. The molecule has 1 aliphatic carbocycles. The summed E-state index contributed by atoms with van der Waals surface area (Å²) in [5.41, 5.74) is -0.438. The van der Waals surface area contributed by atoms with Crippen LogP contribution in [0.4, 0.5) is 0 Å². The van der Waals surface area contributed by atoms with E-state index in [0.717, 1.165) is 5.92 Å². The standard InChI is InChI=1S/C22H35BO2S/c1-21(2)22(3,4)25-23(24-21)20(18-12-7-5-8-13-18)16-11-17-26-19-14-9-6-10-15-19/h6,9-10,14-15,18,20H,5,7-8,11-13,16-17H2,1-4H3. The molecular formula is C22H35BO2S. The average molecular weight is 374 g/mol. The molecule has 3 rings (SSSR count). The highest BCUT2D eigenvalue weighted by molar-refractivity contribution is 7.99.